The number of H-pyrrole nitrogens is 1. The lowest BCUT2D eigenvalue weighted by Gasteiger charge is -2.06. The molecular weight excluding hydrogens is 296 g/mol. The molecule has 0 radical (unpaired) electrons. The predicted molar refractivity (Wildman–Crippen MR) is 83.5 cm³/mol. The van der Waals surface area contributed by atoms with Crippen LogP contribution in [0.4, 0.5) is 0 Å². The third-order valence-corrected chi connectivity index (χ3v) is 4.03. The van der Waals surface area contributed by atoms with Crippen LogP contribution in [0.15, 0.2) is 28.1 Å². The summed E-state index contributed by atoms with van der Waals surface area (Å²) in [5.41, 5.74) is 1.91. The molecule has 1 aromatic heterocycles. The van der Waals surface area contributed by atoms with E-state index in [2.05, 4.69) is 36.0 Å². The number of aromatic amines is 1. The van der Waals surface area contributed by atoms with Crippen LogP contribution in [0.3, 0.4) is 0 Å². The minimum absolute atomic E-state index is 0.0393. The van der Waals surface area contributed by atoms with Crippen LogP contribution in [0.5, 0.6) is 0 Å². The summed E-state index contributed by atoms with van der Waals surface area (Å²) in [6.45, 7) is 4.16. The number of imidazole rings is 1. The summed E-state index contributed by atoms with van der Waals surface area (Å²) in [4.78, 5) is 8.55. The Morgan fingerprint density at radius 3 is 2.36 bits per heavy atom. The van der Waals surface area contributed by atoms with Crippen molar-refractivity contribution in [3.8, 4) is 12.1 Å². The van der Waals surface area contributed by atoms with E-state index in [1.807, 2.05) is 0 Å². The first kappa shape index (κ1) is 16.1. The molecule has 0 bridgehead atoms. The lowest BCUT2D eigenvalue weighted by molar-refractivity contribution is 0.297. The summed E-state index contributed by atoms with van der Waals surface area (Å²) in [5, 5.41) is 28.0. The second-order valence-corrected chi connectivity index (χ2v) is 6.16. The third kappa shape index (κ3) is 3.67. The van der Waals surface area contributed by atoms with Gasteiger partial charge in [0.1, 0.15) is 10.9 Å². The molecule has 6 heteroatoms. The quantitative estimate of drug-likeness (QED) is 0.884. The van der Waals surface area contributed by atoms with Crippen molar-refractivity contribution in [3.05, 3.63) is 40.8 Å². The molecule has 2 aromatic rings. The van der Waals surface area contributed by atoms with Gasteiger partial charge in [-0.3, -0.25) is 0 Å². The van der Waals surface area contributed by atoms with Gasteiger partial charge in [-0.05, 0) is 24.1 Å². The SMILES string of the molecule is CC(C)c1[nH]c(CCO)nc1Sc1cc(C#N)cc(C#N)c1. The van der Waals surface area contributed by atoms with Crippen molar-refractivity contribution >= 4 is 11.8 Å². The minimum Gasteiger partial charge on any atom is -0.396 e. The first-order chi connectivity index (χ1) is 10.6. The molecule has 2 rings (SSSR count). The van der Waals surface area contributed by atoms with Gasteiger partial charge in [-0.15, -0.1) is 0 Å². The van der Waals surface area contributed by atoms with Crippen molar-refractivity contribution in [3.63, 3.8) is 0 Å². The van der Waals surface area contributed by atoms with E-state index in [1.165, 1.54) is 11.8 Å². The van der Waals surface area contributed by atoms with Crippen molar-refractivity contribution < 1.29 is 5.11 Å². The van der Waals surface area contributed by atoms with Gasteiger partial charge >= 0.3 is 0 Å². The second-order valence-electron chi connectivity index (χ2n) is 5.10. The molecule has 22 heavy (non-hydrogen) atoms. The molecule has 0 aliphatic carbocycles. The summed E-state index contributed by atoms with van der Waals surface area (Å²) in [5.74, 6) is 1.00. The number of nitriles is 2. The predicted octanol–water partition coefficient (Wildman–Crippen LogP) is 2.96. The average Bonchev–Trinajstić information content (AvgIpc) is 2.90. The van der Waals surface area contributed by atoms with Gasteiger partial charge in [-0.25, -0.2) is 4.98 Å². The number of benzene rings is 1. The van der Waals surface area contributed by atoms with Crippen molar-refractivity contribution in [2.75, 3.05) is 6.61 Å². The van der Waals surface area contributed by atoms with Crippen molar-refractivity contribution in [2.45, 2.75) is 36.1 Å². The molecule has 0 atom stereocenters. The fourth-order valence-corrected chi connectivity index (χ4v) is 3.16. The van der Waals surface area contributed by atoms with Gasteiger partial charge in [-0.1, -0.05) is 25.6 Å². The van der Waals surface area contributed by atoms with Crippen LogP contribution in [-0.4, -0.2) is 21.7 Å². The molecule has 0 saturated heterocycles. The molecule has 2 N–H and O–H groups in total. The van der Waals surface area contributed by atoms with Crippen LogP contribution >= 0.6 is 11.8 Å². The number of nitrogens with zero attached hydrogens (tertiary/aromatic N) is 3. The van der Waals surface area contributed by atoms with Crippen LogP contribution in [0, 0.1) is 22.7 Å². The van der Waals surface area contributed by atoms with Gasteiger partial charge in [-0.2, -0.15) is 10.5 Å². The molecule has 0 aliphatic heterocycles. The number of nitrogens with one attached hydrogen (secondary N) is 1. The van der Waals surface area contributed by atoms with Crippen LogP contribution in [0.25, 0.3) is 0 Å². The minimum atomic E-state index is 0.0393. The maximum Gasteiger partial charge on any atom is 0.122 e. The summed E-state index contributed by atoms with van der Waals surface area (Å²) in [7, 11) is 0. The number of aliphatic hydroxyl groups excluding tert-OH is 1. The molecular formula is C16H16N4OS. The Balaban J connectivity index is 2.38. The van der Waals surface area contributed by atoms with Gasteiger partial charge in [0.25, 0.3) is 0 Å². The van der Waals surface area contributed by atoms with Gasteiger partial charge in [0.15, 0.2) is 0 Å². The normalized spacial score (nSPS) is 10.5. The van der Waals surface area contributed by atoms with Gasteiger partial charge in [0.05, 0.1) is 35.6 Å². The van der Waals surface area contributed by atoms with Crippen molar-refractivity contribution in [1.29, 1.82) is 10.5 Å². The molecule has 0 spiro atoms. The van der Waals surface area contributed by atoms with E-state index in [1.54, 1.807) is 18.2 Å². The smallest absolute Gasteiger partial charge is 0.122 e. The van der Waals surface area contributed by atoms with Crippen LogP contribution < -0.4 is 0 Å². The highest BCUT2D eigenvalue weighted by Crippen LogP contribution is 2.33. The zero-order valence-electron chi connectivity index (χ0n) is 12.4. The molecule has 0 aliphatic rings. The van der Waals surface area contributed by atoms with Crippen LogP contribution in [0.1, 0.15) is 42.4 Å². The van der Waals surface area contributed by atoms with E-state index >= 15 is 0 Å². The highest BCUT2D eigenvalue weighted by molar-refractivity contribution is 7.99. The van der Waals surface area contributed by atoms with Gasteiger partial charge in [0, 0.05) is 11.3 Å². The number of aliphatic hydroxyl groups is 1. The number of aromatic nitrogens is 2. The molecule has 1 aromatic carbocycles. The topological polar surface area (TPSA) is 96.5 Å². The third-order valence-electron chi connectivity index (χ3n) is 3.05. The Bertz CT molecular complexity index is 720. The zero-order chi connectivity index (χ0) is 16.1. The summed E-state index contributed by atoms with van der Waals surface area (Å²) >= 11 is 1.42. The molecule has 0 saturated carbocycles. The molecule has 112 valence electrons. The highest BCUT2D eigenvalue weighted by Gasteiger charge is 2.15. The summed E-state index contributed by atoms with van der Waals surface area (Å²) in [6.07, 6.45) is 0.474. The Morgan fingerprint density at radius 1 is 1.23 bits per heavy atom. The van der Waals surface area contributed by atoms with Crippen molar-refractivity contribution in [2.24, 2.45) is 0 Å². The van der Waals surface area contributed by atoms with E-state index in [0.29, 0.717) is 17.5 Å². The van der Waals surface area contributed by atoms with E-state index in [-0.39, 0.29) is 12.5 Å². The van der Waals surface area contributed by atoms with E-state index < -0.39 is 0 Å². The number of hydrogen-bond donors (Lipinski definition) is 2. The summed E-state index contributed by atoms with van der Waals surface area (Å²) < 4.78 is 0. The molecule has 1 heterocycles. The standard InChI is InChI=1S/C16H16N4OS/c1-10(2)15-16(20-14(19-15)3-4-21)22-13-6-11(8-17)5-12(7-13)9-18/h5-7,10,21H,3-4H2,1-2H3,(H,19,20). The van der Waals surface area contributed by atoms with Gasteiger partial charge in [0.2, 0.25) is 0 Å². The maximum atomic E-state index is 9.05. The Hall–Kier alpha value is -2.28. The van der Waals surface area contributed by atoms with E-state index in [4.69, 9.17) is 15.6 Å². The van der Waals surface area contributed by atoms with Crippen LogP contribution in [-0.2, 0) is 6.42 Å². The van der Waals surface area contributed by atoms with E-state index in [9.17, 15) is 0 Å². The fraction of sp³-hybridized carbons (Fsp3) is 0.312. The largest absolute Gasteiger partial charge is 0.396 e. The number of rotatable bonds is 5. The van der Waals surface area contributed by atoms with Gasteiger partial charge < -0.3 is 10.1 Å². The average molecular weight is 312 g/mol. The summed E-state index contributed by atoms with van der Waals surface area (Å²) in [6, 6.07) is 9.19. The fourth-order valence-electron chi connectivity index (χ4n) is 2.01. The number of hydrogen-bond acceptors (Lipinski definition) is 5. The first-order valence-electron chi connectivity index (χ1n) is 6.90. The Morgan fingerprint density at radius 2 is 1.86 bits per heavy atom. The van der Waals surface area contributed by atoms with Crippen molar-refractivity contribution in [1.82, 2.24) is 9.97 Å². The molecule has 5 nitrogen and oxygen atoms in total. The lowest BCUT2D eigenvalue weighted by atomic mass is 10.1. The second kappa shape index (κ2) is 7.13. The molecule has 0 fully saturated rings. The Labute approximate surface area is 133 Å². The molecule has 0 unspecified atom stereocenters. The first-order valence-corrected chi connectivity index (χ1v) is 7.71. The van der Waals surface area contributed by atoms with Crippen LogP contribution in [0.2, 0.25) is 0 Å². The molecule has 0 amide bonds. The highest BCUT2D eigenvalue weighted by atomic mass is 32.2. The Kier molecular flexibility index (Phi) is 5.21. The monoisotopic (exact) mass is 312 g/mol. The van der Waals surface area contributed by atoms with E-state index in [0.717, 1.165) is 21.4 Å². The zero-order valence-corrected chi connectivity index (χ0v) is 13.2. The maximum absolute atomic E-state index is 9.05. The lowest BCUT2D eigenvalue weighted by Crippen LogP contribution is -1.93.